The smallest absolute Gasteiger partial charge is 0.244 e. The Hall–Kier alpha value is -0.430. The lowest BCUT2D eigenvalue weighted by molar-refractivity contribution is 0.285. The Balaban J connectivity index is 2.33. The lowest BCUT2D eigenvalue weighted by Gasteiger charge is -2.30. The van der Waals surface area contributed by atoms with Gasteiger partial charge >= 0.3 is 0 Å². The molecule has 1 aromatic rings. The fraction of sp³-hybridized carbons (Fsp3) is 0.571. The fourth-order valence-electron chi connectivity index (χ4n) is 2.67. The zero-order valence-corrected chi connectivity index (χ0v) is 14.1. The Morgan fingerprint density at radius 1 is 1.30 bits per heavy atom. The first-order valence-electron chi connectivity index (χ1n) is 6.93. The molecule has 2 rings (SSSR count). The molecule has 0 heterocycles. The zero-order valence-electron chi connectivity index (χ0n) is 11.7. The summed E-state index contributed by atoms with van der Waals surface area (Å²) in [6, 6.07) is 5.37. The normalized spacial score (nSPS) is 17.6. The molecule has 4 nitrogen and oxygen atoms in total. The Bertz CT molecular complexity index is 569. The van der Waals surface area contributed by atoms with Gasteiger partial charge in [-0.05, 0) is 46.5 Å². The van der Waals surface area contributed by atoms with Gasteiger partial charge in [-0.25, -0.2) is 8.42 Å². The molecule has 0 aliphatic heterocycles. The standard InChI is InChI=1S/C14H21BrN2O2S/c1-17(12-5-3-2-4-6-12)20(18,19)14-9-11(10-16)7-8-13(14)15/h7-9,12H,2-6,10,16H2,1H3. The average molecular weight is 361 g/mol. The van der Waals surface area contributed by atoms with Crippen molar-refractivity contribution in [2.75, 3.05) is 7.05 Å². The number of nitrogens with zero attached hydrogens (tertiary/aromatic N) is 1. The largest absolute Gasteiger partial charge is 0.326 e. The zero-order chi connectivity index (χ0) is 14.8. The summed E-state index contributed by atoms with van der Waals surface area (Å²) in [7, 11) is -1.78. The highest BCUT2D eigenvalue weighted by molar-refractivity contribution is 9.10. The van der Waals surface area contributed by atoms with Crippen molar-refractivity contribution in [3.63, 3.8) is 0 Å². The van der Waals surface area contributed by atoms with E-state index in [0.29, 0.717) is 15.9 Å². The molecule has 0 amide bonds. The van der Waals surface area contributed by atoms with Crippen molar-refractivity contribution in [1.29, 1.82) is 0 Å². The van der Waals surface area contributed by atoms with Crippen LogP contribution in [0.3, 0.4) is 0 Å². The first kappa shape index (κ1) is 15.9. The minimum absolute atomic E-state index is 0.113. The first-order chi connectivity index (χ1) is 9.46. The van der Waals surface area contributed by atoms with Crippen molar-refractivity contribution < 1.29 is 8.42 Å². The summed E-state index contributed by atoms with van der Waals surface area (Å²) in [6.07, 6.45) is 5.31. The lowest BCUT2D eigenvalue weighted by atomic mass is 9.96. The van der Waals surface area contributed by atoms with E-state index >= 15 is 0 Å². The highest BCUT2D eigenvalue weighted by Gasteiger charge is 2.30. The van der Waals surface area contributed by atoms with Crippen LogP contribution in [0, 0.1) is 0 Å². The lowest BCUT2D eigenvalue weighted by Crippen LogP contribution is -2.38. The minimum atomic E-state index is -3.47. The van der Waals surface area contributed by atoms with E-state index in [9.17, 15) is 8.42 Å². The molecule has 0 spiro atoms. The second kappa shape index (κ2) is 6.56. The third-order valence-corrected chi connectivity index (χ3v) is 6.88. The molecule has 0 radical (unpaired) electrons. The van der Waals surface area contributed by atoms with Crippen LogP contribution in [0.2, 0.25) is 0 Å². The van der Waals surface area contributed by atoms with E-state index in [4.69, 9.17) is 5.73 Å². The van der Waals surface area contributed by atoms with Gasteiger partial charge in [-0.15, -0.1) is 0 Å². The van der Waals surface area contributed by atoms with Gasteiger partial charge in [0.05, 0.1) is 4.90 Å². The molecule has 1 saturated carbocycles. The Labute approximate surface area is 129 Å². The third kappa shape index (κ3) is 3.24. The molecule has 2 N–H and O–H groups in total. The number of halogens is 1. The third-order valence-electron chi connectivity index (χ3n) is 3.98. The van der Waals surface area contributed by atoms with Gasteiger partial charge in [0.15, 0.2) is 0 Å². The summed E-state index contributed by atoms with van der Waals surface area (Å²) >= 11 is 3.34. The van der Waals surface area contributed by atoms with E-state index in [2.05, 4.69) is 15.9 Å². The van der Waals surface area contributed by atoms with Crippen LogP contribution in [-0.2, 0) is 16.6 Å². The Kier molecular flexibility index (Phi) is 5.23. The van der Waals surface area contributed by atoms with Crippen LogP contribution >= 0.6 is 15.9 Å². The van der Waals surface area contributed by atoms with Crippen molar-refractivity contribution in [1.82, 2.24) is 4.31 Å². The van der Waals surface area contributed by atoms with E-state index in [1.165, 1.54) is 10.7 Å². The summed E-state index contributed by atoms with van der Waals surface area (Å²) in [6.45, 7) is 0.336. The number of hydrogen-bond donors (Lipinski definition) is 1. The fourth-order valence-corrected chi connectivity index (χ4v) is 5.06. The van der Waals surface area contributed by atoms with Gasteiger partial charge in [0.2, 0.25) is 10.0 Å². The average Bonchev–Trinajstić information content (AvgIpc) is 2.47. The van der Waals surface area contributed by atoms with Gasteiger partial charge < -0.3 is 5.73 Å². The second-order valence-corrected chi connectivity index (χ2v) is 8.10. The molecule has 0 aromatic heterocycles. The Morgan fingerprint density at radius 2 is 1.95 bits per heavy atom. The maximum absolute atomic E-state index is 12.8. The molecular formula is C14H21BrN2O2S. The van der Waals surface area contributed by atoms with E-state index < -0.39 is 10.0 Å². The van der Waals surface area contributed by atoms with Crippen LogP contribution in [0.15, 0.2) is 27.6 Å². The highest BCUT2D eigenvalue weighted by Crippen LogP contribution is 2.30. The second-order valence-electron chi connectivity index (χ2n) is 5.28. The SMILES string of the molecule is CN(C1CCCCC1)S(=O)(=O)c1cc(CN)ccc1Br. The van der Waals surface area contributed by atoms with Crippen molar-refractivity contribution in [3.05, 3.63) is 28.2 Å². The molecule has 1 aliphatic carbocycles. The summed E-state index contributed by atoms with van der Waals surface area (Å²) < 4.78 is 27.7. The van der Waals surface area contributed by atoms with E-state index in [0.717, 1.165) is 31.2 Å². The van der Waals surface area contributed by atoms with Crippen LogP contribution in [0.1, 0.15) is 37.7 Å². The quantitative estimate of drug-likeness (QED) is 0.897. The van der Waals surface area contributed by atoms with E-state index in [1.807, 2.05) is 6.07 Å². The molecule has 0 bridgehead atoms. The number of sulfonamides is 1. The maximum atomic E-state index is 12.8. The molecular weight excluding hydrogens is 340 g/mol. The summed E-state index contributed by atoms with van der Waals surface area (Å²) in [5.74, 6) is 0. The molecule has 20 heavy (non-hydrogen) atoms. The molecule has 0 atom stereocenters. The monoisotopic (exact) mass is 360 g/mol. The van der Waals surface area contributed by atoms with Crippen molar-refractivity contribution in [2.24, 2.45) is 5.73 Å². The summed E-state index contributed by atoms with van der Waals surface area (Å²) in [4.78, 5) is 0.313. The summed E-state index contributed by atoms with van der Waals surface area (Å²) in [5, 5.41) is 0. The predicted molar refractivity (Wildman–Crippen MR) is 83.9 cm³/mol. The van der Waals surface area contributed by atoms with Crippen LogP contribution < -0.4 is 5.73 Å². The van der Waals surface area contributed by atoms with E-state index in [-0.39, 0.29) is 6.04 Å². The predicted octanol–water partition coefficient (Wildman–Crippen LogP) is 2.86. The van der Waals surface area contributed by atoms with Gasteiger partial charge in [-0.3, -0.25) is 0 Å². The van der Waals surface area contributed by atoms with Crippen LogP contribution in [0.5, 0.6) is 0 Å². The number of benzene rings is 1. The van der Waals surface area contributed by atoms with Crippen LogP contribution in [0.25, 0.3) is 0 Å². The number of hydrogen-bond acceptors (Lipinski definition) is 3. The molecule has 1 aliphatic rings. The van der Waals surface area contributed by atoms with Gasteiger partial charge in [0.25, 0.3) is 0 Å². The molecule has 0 unspecified atom stereocenters. The Morgan fingerprint density at radius 3 is 2.55 bits per heavy atom. The molecule has 112 valence electrons. The maximum Gasteiger partial charge on any atom is 0.244 e. The summed E-state index contributed by atoms with van der Waals surface area (Å²) in [5.41, 5.74) is 6.43. The molecule has 1 fully saturated rings. The molecule has 0 saturated heterocycles. The first-order valence-corrected chi connectivity index (χ1v) is 9.16. The highest BCUT2D eigenvalue weighted by atomic mass is 79.9. The van der Waals surface area contributed by atoms with Crippen molar-refractivity contribution >= 4 is 26.0 Å². The minimum Gasteiger partial charge on any atom is -0.326 e. The van der Waals surface area contributed by atoms with Crippen molar-refractivity contribution in [3.8, 4) is 0 Å². The van der Waals surface area contributed by atoms with Gasteiger partial charge in [0, 0.05) is 24.1 Å². The number of nitrogens with two attached hydrogens (primary N) is 1. The van der Waals surface area contributed by atoms with Crippen LogP contribution in [0.4, 0.5) is 0 Å². The number of rotatable bonds is 4. The van der Waals surface area contributed by atoms with E-state index in [1.54, 1.807) is 19.2 Å². The molecule has 6 heteroatoms. The van der Waals surface area contributed by atoms with Gasteiger partial charge in [0.1, 0.15) is 0 Å². The van der Waals surface area contributed by atoms with Gasteiger partial charge in [-0.2, -0.15) is 4.31 Å². The van der Waals surface area contributed by atoms with Gasteiger partial charge in [-0.1, -0.05) is 25.3 Å². The molecule has 1 aromatic carbocycles. The van der Waals surface area contributed by atoms with Crippen molar-refractivity contribution in [2.45, 2.75) is 49.6 Å². The van der Waals surface area contributed by atoms with Crippen LogP contribution in [-0.4, -0.2) is 25.8 Å². The topological polar surface area (TPSA) is 63.4 Å².